The summed E-state index contributed by atoms with van der Waals surface area (Å²) >= 11 is 0. The van der Waals surface area contributed by atoms with Crippen molar-refractivity contribution >= 4 is 5.71 Å². The SMILES string of the molecule is COc1ccc(/C(C)=N/N)cc1OC. The van der Waals surface area contributed by atoms with E-state index >= 15 is 0 Å². The van der Waals surface area contributed by atoms with E-state index in [0.29, 0.717) is 11.5 Å². The van der Waals surface area contributed by atoms with Crippen molar-refractivity contribution in [2.45, 2.75) is 6.92 Å². The fourth-order valence-corrected chi connectivity index (χ4v) is 1.14. The van der Waals surface area contributed by atoms with Gasteiger partial charge in [-0.25, -0.2) is 0 Å². The van der Waals surface area contributed by atoms with Crippen molar-refractivity contribution in [3.8, 4) is 11.5 Å². The van der Waals surface area contributed by atoms with Gasteiger partial charge in [0.15, 0.2) is 11.5 Å². The maximum absolute atomic E-state index is 5.18. The zero-order valence-electron chi connectivity index (χ0n) is 8.57. The number of benzene rings is 1. The van der Waals surface area contributed by atoms with Gasteiger partial charge in [-0.3, -0.25) is 0 Å². The van der Waals surface area contributed by atoms with Crippen LogP contribution >= 0.6 is 0 Å². The Kier molecular flexibility index (Phi) is 3.34. The summed E-state index contributed by atoms with van der Waals surface area (Å²) in [5.41, 5.74) is 1.68. The molecule has 0 amide bonds. The van der Waals surface area contributed by atoms with E-state index in [0.717, 1.165) is 11.3 Å². The van der Waals surface area contributed by atoms with E-state index < -0.39 is 0 Å². The van der Waals surface area contributed by atoms with Gasteiger partial charge < -0.3 is 15.3 Å². The first kappa shape index (κ1) is 10.4. The second-order valence-electron chi connectivity index (χ2n) is 2.78. The molecule has 0 saturated carbocycles. The van der Waals surface area contributed by atoms with E-state index in [1.807, 2.05) is 25.1 Å². The zero-order valence-corrected chi connectivity index (χ0v) is 8.57. The zero-order chi connectivity index (χ0) is 10.6. The van der Waals surface area contributed by atoms with E-state index in [4.69, 9.17) is 15.3 Å². The van der Waals surface area contributed by atoms with E-state index in [9.17, 15) is 0 Å². The van der Waals surface area contributed by atoms with Crippen LogP contribution in [0.1, 0.15) is 12.5 Å². The highest BCUT2D eigenvalue weighted by Gasteiger charge is 2.05. The lowest BCUT2D eigenvalue weighted by atomic mass is 10.1. The minimum atomic E-state index is 0.674. The lowest BCUT2D eigenvalue weighted by Gasteiger charge is -2.08. The van der Waals surface area contributed by atoms with Gasteiger partial charge in [0.1, 0.15) is 0 Å². The van der Waals surface area contributed by atoms with Crippen LogP contribution in [0.15, 0.2) is 23.3 Å². The van der Waals surface area contributed by atoms with Gasteiger partial charge in [-0.05, 0) is 25.1 Å². The van der Waals surface area contributed by atoms with Gasteiger partial charge in [0.25, 0.3) is 0 Å². The van der Waals surface area contributed by atoms with Crippen molar-refractivity contribution in [1.82, 2.24) is 0 Å². The Morgan fingerprint density at radius 3 is 2.36 bits per heavy atom. The molecule has 0 radical (unpaired) electrons. The lowest BCUT2D eigenvalue weighted by Crippen LogP contribution is -2.00. The first-order chi connectivity index (χ1) is 6.72. The van der Waals surface area contributed by atoms with Crippen molar-refractivity contribution in [2.75, 3.05) is 14.2 Å². The molecule has 1 aromatic carbocycles. The summed E-state index contributed by atoms with van der Waals surface area (Å²) in [6, 6.07) is 5.54. The molecule has 0 bridgehead atoms. The third-order valence-corrected chi connectivity index (χ3v) is 1.99. The van der Waals surface area contributed by atoms with E-state index in [1.54, 1.807) is 14.2 Å². The monoisotopic (exact) mass is 194 g/mol. The van der Waals surface area contributed by atoms with Crippen LogP contribution in [0, 0.1) is 0 Å². The van der Waals surface area contributed by atoms with Crippen molar-refractivity contribution < 1.29 is 9.47 Å². The maximum Gasteiger partial charge on any atom is 0.161 e. The molecule has 0 unspecified atom stereocenters. The Morgan fingerprint density at radius 2 is 1.86 bits per heavy atom. The Labute approximate surface area is 83.3 Å². The fraction of sp³-hybridized carbons (Fsp3) is 0.300. The smallest absolute Gasteiger partial charge is 0.161 e. The van der Waals surface area contributed by atoms with E-state index in [2.05, 4.69) is 5.10 Å². The standard InChI is InChI=1S/C10H14N2O2/c1-7(12-11)8-4-5-9(13-2)10(6-8)14-3/h4-6H,11H2,1-3H3/b12-7+. The van der Waals surface area contributed by atoms with Crippen molar-refractivity contribution in [3.05, 3.63) is 23.8 Å². The minimum Gasteiger partial charge on any atom is -0.493 e. The molecule has 4 nitrogen and oxygen atoms in total. The molecule has 0 saturated heterocycles. The van der Waals surface area contributed by atoms with Gasteiger partial charge in [-0.1, -0.05) is 0 Å². The van der Waals surface area contributed by atoms with Gasteiger partial charge in [0.05, 0.1) is 19.9 Å². The average molecular weight is 194 g/mol. The van der Waals surface area contributed by atoms with Gasteiger partial charge >= 0.3 is 0 Å². The number of nitrogens with zero attached hydrogens (tertiary/aromatic N) is 1. The van der Waals surface area contributed by atoms with Crippen LogP contribution in [0.2, 0.25) is 0 Å². The average Bonchev–Trinajstić information content (AvgIpc) is 2.26. The third-order valence-electron chi connectivity index (χ3n) is 1.99. The molecule has 76 valence electrons. The molecule has 14 heavy (non-hydrogen) atoms. The summed E-state index contributed by atoms with van der Waals surface area (Å²) < 4.78 is 10.3. The molecular formula is C10H14N2O2. The second kappa shape index (κ2) is 4.50. The Morgan fingerprint density at radius 1 is 1.21 bits per heavy atom. The van der Waals surface area contributed by atoms with Crippen LogP contribution in [0.25, 0.3) is 0 Å². The Bertz CT molecular complexity index is 348. The number of methoxy groups -OCH3 is 2. The van der Waals surface area contributed by atoms with Crippen LogP contribution < -0.4 is 15.3 Å². The van der Waals surface area contributed by atoms with Gasteiger partial charge in [0.2, 0.25) is 0 Å². The van der Waals surface area contributed by atoms with Crippen LogP contribution in [0.3, 0.4) is 0 Å². The van der Waals surface area contributed by atoms with E-state index in [1.165, 1.54) is 0 Å². The minimum absolute atomic E-state index is 0.674. The molecule has 0 aliphatic rings. The fourth-order valence-electron chi connectivity index (χ4n) is 1.14. The van der Waals surface area contributed by atoms with E-state index in [-0.39, 0.29) is 0 Å². The van der Waals surface area contributed by atoms with Crippen LogP contribution in [-0.2, 0) is 0 Å². The third kappa shape index (κ3) is 1.96. The summed E-state index contributed by atoms with van der Waals surface area (Å²) in [7, 11) is 3.19. The summed E-state index contributed by atoms with van der Waals surface area (Å²) in [6.45, 7) is 1.83. The molecule has 0 atom stereocenters. The molecule has 2 N–H and O–H groups in total. The molecule has 0 spiro atoms. The number of hydrazone groups is 1. The molecule has 0 aliphatic carbocycles. The number of rotatable bonds is 3. The number of hydrogen-bond donors (Lipinski definition) is 1. The molecule has 0 aromatic heterocycles. The summed E-state index contributed by atoms with van der Waals surface area (Å²) in [6.07, 6.45) is 0. The van der Waals surface area contributed by atoms with Gasteiger partial charge in [-0.2, -0.15) is 5.10 Å². The Hall–Kier alpha value is -1.71. The molecule has 0 aliphatic heterocycles. The highest BCUT2D eigenvalue weighted by molar-refractivity contribution is 5.99. The molecule has 0 fully saturated rings. The molecule has 1 rings (SSSR count). The molecular weight excluding hydrogens is 180 g/mol. The Balaban J connectivity index is 3.14. The predicted octanol–water partition coefficient (Wildman–Crippen LogP) is 1.39. The van der Waals surface area contributed by atoms with Gasteiger partial charge in [0, 0.05) is 5.56 Å². The second-order valence-corrected chi connectivity index (χ2v) is 2.78. The topological polar surface area (TPSA) is 56.8 Å². The van der Waals surface area contributed by atoms with Crippen LogP contribution in [0.5, 0.6) is 11.5 Å². The largest absolute Gasteiger partial charge is 0.493 e. The normalized spacial score (nSPS) is 11.2. The number of hydrogen-bond acceptors (Lipinski definition) is 4. The highest BCUT2D eigenvalue weighted by atomic mass is 16.5. The summed E-state index contributed by atoms with van der Waals surface area (Å²) in [4.78, 5) is 0. The first-order valence-corrected chi connectivity index (χ1v) is 4.19. The predicted molar refractivity (Wildman–Crippen MR) is 55.9 cm³/mol. The van der Waals surface area contributed by atoms with Crippen molar-refractivity contribution in [2.24, 2.45) is 10.9 Å². The van der Waals surface area contributed by atoms with Crippen LogP contribution in [0.4, 0.5) is 0 Å². The molecule has 0 heterocycles. The quantitative estimate of drug-likeness (QED) is 0.449. The number of nitrogens with two attached hydrogens (primary N) is 1. The summed E-state index contributed by atoms with van der Waals surface area (Å²) in [5.74, 6) is 6.55. The number of ether oxygens (including phenoxy) is 2. The van der Waals surface area contributed by atoms with Crippen LogP contribution in [-0.4, -0.2) is 19.9 Å². The molecule has 4 heteroatoms. The molecule has 1 aromatic rings. The first-order valence-electron chi connectivity index (χ1n) is 4.19. The van der Waals surface area contributed by atoms with Crippen molar-refractivity contribution in [3.63, 3.8) is 0 Å². The maximum atomic E-state index is 5.18. The highest BCUT2D eigenvalue weighted by Crippen LogP contribution is 2.27. The van der Waals surface area contributed by atoms with Gasteiger partial charge in [-0.15, -0.1) is 0 Å². The van der Waals surface area contributed by atoms with Crippen molar-refractivity contribution in [1.29, 1.82) is 0 Å². The summed E-state index contributed by atoms with van der Waals surface area (Å²) in [5, 5.41) is 3.61. The lowest BCUT2D eigenvalue weighted by molar-refractivity contribution is 0.355.